The van der Waals surface area contributed by atoms with Crippen LogP contribution in [-0.4, -0.2) is 27.6 Å². The molecule has 2 aliphatic heterocycles. The van der Waals surface area contributed by atoms with Crippen LogP contribution in [0.25, 0.3) is 11.0 Å². The zero-order valence-electron chi connectivity index (χ0n) is 11.7. The van der Waals surface area contributed by atoms with Crippen LogP contribution >= 0.6 is 11.6 Å². The number of aromatic nitrogens is 2. The molecule has 4 heteroatoms. The first kappa shape index (κ1) is 12.7. The second-order valence-corrected chi connectivity index (χ2v) is 6.33. The second kappa shape index (κ2) is 4.74. The van der Waals surface area contributed by atoms with Crippen molar-refractivity contribution in [2.75, 3.05) is 5.88 Å². The smallest absolute Gasteiger partial charge is 0.111 e. The largest absolute Gasteiger partial charge is 0.373 e. The van der Waals surface area contributed by atoms with E-state index in [-0.39, 0.29) is 0 Å². The van der Waals surface area contributed by atoms with Gasteiger partial charge in [0.1, 0.15) is 5.82 Å². The molecule has 3 unspecified atom stereocenters. The Kier molecular flexibility index (Phi) is 3.00. The van der Waals surface area contributed by atoms with Crippen molar-refractivity contribution in [3.05, 3.63) is 29.6 Å². The summed E-state index contributed by atoms with van der Waals surface area (Å²) in [5.74, 6) is 1.73. The maximum Gasteiger partial charge on any atom is 0.111 e. The van der Waals surface area contributed by atoms with E-state index in [9.17, 15) is 0 Å². The maximum absolute atomic E-state index is 6.05. The number of aryl methyl sites for hydroxylation is 2. The summed E-state index contributed by atoms with van der Waals surface area (Å²) < 4.78 is 8.48. The van der Waals surface area contributed by atoms with Crippen LogP contribution in [0.2, 0.25) is 0 Å². The van der Waals surface area contributed by atoms with Crippen LogP contribution < -0.4 is 0 Å². The minimum absolute atomic E-state index is 0.367. The number of ether oxygens (including phenoxy) is 1. The number of imidazole rings is 1. The number of halogens is 1. The van der Waals surface area contributed by atoms with Gasteiger partial charge in [-0.3, -0.25) is 0 Å². The first-order valence-corrected chi connectivity index (χ1v) is 7.99. The van der Waals surface area contributed by atoms with Crippen LogP contribution in [0.1, 0.15) is 36.7 Å². The third-order valence-electron chi connectivity index (χ3n) is 4.71. The number of rotatable bonds is 3. The number of para-hydroxylation sites is 1. The van der Waals surface area contributed by atoms with Crippen molar-refractivity contribution >= 4 is 22.6 Å². The van der Waals surface area contributed by atoms with E-state index < -0.39 is 0 Å². The van der Waals surface area contributed by atoms with Gasteiger partial charge in [0.2, 0.25) is 0 Å². The molecule has 4 rings (SSSR count). The van der Waals surface area contributed by atoms with E-state index in [0.717, 1.165) is 24.2 Å². The van der Waals surface area contributed by atoms with Crippen molar-refractivity contribution < 1.29 is 4.74 Å². The van der Waals surface area contributed by atoms with Crippen molar-refractivity contribution in [1.82, 2.24) is 9.55 Å². The first-order valence-electron chi connectivity index (χ1n) is 7.46. The first-order chi connectivity index (χ1) is 9.78. The number of hydrogen-bond donors (Lipinski definition) is 0. The van der Waals surface area contributed by atoms with Gasteiger partial charge in [-0.05, 0) is 37.8 Å². The highest BCUT2D eigenvalue weighted by Gasteiger charge is 2.43. The van der Waals surface area contributed by atoms with Gasteiger partial charge >= 0.3 is 0 Å². The van der Waals surface area contributed by atoms with Crippen LogP contribution in [0, 0.1) is 6.92 Å². The summed E-state index contributed by atoms with van der Waals surface area (Å²) in [6.45, 7) is 2.17. The van der Waals surface area contributed by atoms with E-state index in [1.807, 2.05) is 0 Å². The Morgan fingerprint density at radius 2 is 2.30 bits per heavy atom. The van der Waals surface area contributed by atoms with Gasteiger partial charge in [-0.15, -0.1) is 11.6 Å². The number of nitrogens with zero attached hydrogens (tertiary/aromatic N) is 2. The molecule has 106 valence electrons. The normalized spacial score (nSPS) is 28.6. The Morgan fingerprint density at radius 1 is 1.40 bits per heavy atom. The molecule has 2 saturated heterocycles. The fourth-order valence-corrected chi connectivity index (χ4v) is 4.04. The molecule has 0 radical (unpaired) electrons. The van der Waals surface area contributed by atoms with Crippen LogP contribution in [0.5, 0.6) is 0 Å². The topological polar surface area (TPSA) is 27.1 Å². The molecule has 0 spiro atoms. The lowest BCUT2D eigenvalue weighted by molar-refractivity contribution is 0.0940. The summed E-state index contributed by atoms with van der Waals surface area (Å²) in [4.78, 5) is 4.81. The fourth-order valence-electron chi connectivity index (χ4n) is 3.87. The zero-order valence-corrected chi connectivity index (χ0v) is 12.4. The molecule has 0 aliphatic carbocycles. The van der Waals surface area contributed by atoms with E-state index in [0.29, 0.717) is 24.1 Å². The van der Waals surface area contributed by atoms with E-state index in [1.165, 1.54) is 23.9 Å². The highest BCUT2D eigenvalue weighted by Crippen LogP contribution is 2.43. The Balaban J connectivity index is 1.89. The molecule has 2 bridgehead atoms. The van der Waals surface area contributed by atoms with Gasteiger partial charge in [0.15, 0.2) is 0 Å². The summed E-state index contributed by atoms with van der Waals surface area (Å²) in [6, 6.07) is 6.79. The molecular weight excluding hydrogens is 272 g/mol. The van der Waals surface area contributed by atoms with Crippen LogP contribution in [0.15, 0.2) is 18.2 Å². The molecule has 20 heavy (non-hydrogen) atoms. The highest BCUT2D eigenvalue weighted by molar-refractivity contribution is 6.17. The van der Waals surface area contributed by atoms with Crippen molar-refractivity contribution in [2.45, 2.75) is 50.9 Å². The Hall–Kier alpha value is -1.06. The summed E-state index contributed by atoms with van der Waals surface area (Å²) in [6.07, 6.45) is 5.17. The van der Waals surface area contributed by atoms with Crippen molar-refractivity contribution in [2.24, 2.45) is 0 Å². The maximum atomic E-state index is 6.05. The van der Waals surface area contributed by atoms with E-state index in [1.54, 1.807) is 0 Å². The summed E-state index contributed by atoms with van der Waals surface area (Å²) in [7, 11) is 0. The molecule has 1 aromatic carbocycles. The third kappa shape index (κ3) is 1.80. The molecule has 2 aliphatic rings. The number of hydrogen-bond acceptors (Lipinski definition) is 2. The summed E-state index contributed by atoms with van der Waals surface area (Å²) in [5.41, 5.74) is 3.65. The SMILES string of the molecule is Cc1cccc2nc(CCCl)n(C3CC4CCC3O4)c12. The van der Waals surface area contributed by atoms with Crippen molar-refractivity contribution in [3.8, 4) is 0 Å². The summed E-state index contributed by atoms with van der Waals surface area (Å²) >= 11 is 5.98. The molecule has 0 N–H and O–H groups in total. The second-order valence-electron chi connectivity index (χ2n) is 5.96. The van der Waals surface area contributed by atoms with Gasteiger partial charge in [0.05, 0.1) is 29.3 Å². The minimum Gasteiger partial charge on any atom is -0.373 e. The molecule has 2 aromatic rings. The molecule has 1 aromatic heterocycles. The Labute approximate surface area is 123 Å². The lowest BCUT2D eigenvalue weighted by atomic mass is 9.95. The van der Waals surface area contributed by atoms with Crippen molar-refractivity contribution in [1.29, 1.82) is 0 Å². The Morgan fingerprint density at radius 3 is 3.00 bits per heavy atom. The summed E-state index contributed by atoms with van der Waals surface area (Å²) in [5, 5.41) is 0. The van der Waals surface area contributed by atoms with Crippen LogP contribution in [0.3, 0.4) is 0 Å². The molecule has 0 saturated carbocycles. The van der Waals surface area contributed by atoms with Gasteiger partial charge in [-0.1, -0.05) is 12.1 Å². The van der Waals surface area contributed by atoms with Gasteiger partial charge in [0, 0.05) is 12.3 Å². The molecule has 0 amide bonds. The number of fused-ring (bicyclic) bond motifs is 3. The monoisotopic (exact) mass is 290 g/mol. The Bertz CT molecular complexity index is 651. The highest BCUT2D eigenvalue weighted by atomic mass is 35.5. The third-order valence-corrected chi connectivity index (χ3v) is 4.90. The molecule has 3 nitrogen and oxygen atoms in total. The number of benzene rings is 1. The van der Waals surface area contributed by atoms with E-state index in [2.05, 4.69) is 29.7 Å². The van der Waals surface area contributed by atoms with E-state index >= 15 is 0 Å². The van der Waals surface area contributed by atoms with Crippen molar-refractivity contribution in [3.63, 3.8) is 0 Å². The van der Waals surface area contributed by atoms with Gasteiger partial charge in [-0.25, -0.2) is 4.98 Å². The molecular formula is C16H19ClN2O. The van der Waals surface area contributed by atoms with Gasteiger partial charge in [0.25, 0.3) is 0 Å². The average Bonchev–Trinajstić information content (AvgIpc) is 3.11. The predicted molar refractivity (Wildman–Crippen MR) is 80.4 cm³/mol. The van der Waals surface area contributed by atoms with Gasteiger partial charge < -0.3 is 9.30 Å². The minimum atomic E-state index is 0.367. The number of alkyl halides is 1. The standard InChI is InChI=1S/C16H19ClN2O/c1-10-3-2-4-12-16(10)19(15(18-12)7-8-17)13-9-11-5-6-14(13)20-11/h2-4,11,13-14H,5-9H2,1H3. The van der Waals surface area contributed by atoms with Crippen LogP contribution in [0.4, 0.5) is 0 Å². The van der Waals surface area contributed by atoms with E-state index in [4.69, 9.17) is 21.3 Å². The van der Waals surface area contributed by atoms with Gasteiger partial charge in [-0.2, -0.15) is 0 Å². The quantitative estimate of drug-likeness (QED) is 0.807. The van der Waals surface area contributed by atoms with Crippen LogP contribution in [-0.2, 0) is 11.2 Å². The average molecular weight is 291 g/mol. The molecule has 2 fully saturated rings. The molecule has 3 atom stereocenters. The predicted octanol–water partition coefficient (Wildman–Crippen LogP) is 3.62. The fraction of sp³-hybridized carbons (Fsp3) is 0.562. The lowest BCUT2D eigenvalue weighted by Crippen LogP contribution is -2.23. The lowest BCUT2D eigenvalue weighted by Gasteiger charge is -2.23. The molecule has 3 heterocycles. The zero-order chi connectivity index (χ0) is 13.7.